The Morgan fingerprint density at radius 3 is 2.78 bits per heavy atom. The molecule has 0 radical (unpaired) electrons. The van der Waals surface area contributed by atoms with Gasteiger partial charge in [-0.05, 0) is 104 Å². The summed E-state index contributed by atoms with van der Waals surface area (Å²) in [6, 6.07) is 11.4. The summed E-state index contributed by atoms with van der Waals surface area (Å²) >= 11 is 12.0. The fraction of sp³-hybridized carbons (Fsp3) is 0.517. The van der Waals surface area contributed by atoms with Crippen LogP contribution in [0.4, 0.5) is 10.5 Å². The van der Waals surface area contributed by atoms with Gasteiger partial charge in [0.1, 0.15) is 11.5 Å². The summed E-state index contributed by atoms with van der Waals surface area (Å²) in [6.45, 7) is 2.52. The van der Waals surface area contributed by atoms with Crippen molar-refractivity contribution in [3.63, 3.8) is 0 Å². The van der Waals surface area contributed by atoms with Gasteiger partial charge in [-0.25, -0.2) is 4.79 Å². The number of fused-ring (bicyclic) bond motifs is 5. The number of carbonyl (C=O) groups is 2. The molecule has 0 aliphatic heterocycles. The summed E-state index contributed by atoms with van der Waals surface area (Å²) in [6.07, 6.45) is 5.92. The van der Waals surface area contributed by atoms with Crippen LogP contribution in [0.25, 0.3) is 0 Å². The molecule has 2 fully saturated rings. The van der Waals surface area contributed by atoms with E-state index in [-0.39, 0.29) is 5.41 Å². The standard InChI is InChI=1S/C29H33Cl2NO4/c1-29-12-11-22-21-9-7-20(35-2)14-17(21)5-8-23(22)27(29)18(15-26(29)33)4-3-13-36-28(34)32-25-10-6-19(30)16-24(25)31/h6-7,9-10,14,16,18,22-23,27H,3-5,8,11-13,15H2,1-2H3,(H,32,34)/t18-,22-,23-,27+,29-/m1/s1. The smallest absolute Gasteiger partial charge is 0.411 e. The Morgan fingerprint density at radius 1 is 1.17 bits per heavy atom. The monoisotopic (exact) mass is 529 g/mol. The third-order valence-corrected chi connectivity index (χ3v) is 9.45. The molecule has 1 amide bonds. The molecule has 1 N–H and O–H groups in total. The topological polar surface area (TPSA) is 64.6 Å². The van der Waals surface area contributed by atoms with Gasteiger partial charge < -0.3 is 9.47 Å². The lowest BCUT2D eigenvalue weighted by Crippen LogP contribution is -2.44. The molecule has 5 atom stereocenters. The number of carbonyl (C=O) groups excluding carboxylic acids is 2. The molecule has 3 aliphatic carbocycles. The fourth-order valence-electron chi connectivity index (χ4n) is 7.26. The average Bonchev–Trinajstić information content (AvgIpc) is 3.12. The number of methoxy groups -OCH3 is 1. The minimum atomic E-state index is -0.538. The van der Waals surface area contributed by atoms with Gasteiger partial charge in [0.25, 0.3) is 0 Å². The van der Waals surface area contributed by atoms with Crippen LogP contribution >= 0.6 is 23.2 Å². The first kappa shape index (κ1) is 25.4. The number of hydrogen-bond acceptors (Lipinski definition) is 4. The zero-order valence-electron chi connectivity index (χ0n) is 20.8. The Labute approximate surface area is 222 Å². The maximum absolute atomic E-state index is 13.2. The first-order chi connectivity index (χ1) is 17.3. The zero-order valence-corrected chi connectivity index (χ0v) is 22.3. The lowest BCUT2D eigenvalue weighted by Gasteiger charge is -2.50. The van der Waals surface area contributed by atoms with Crippen LogP contribution in [0.15, 0.2) is 36.4 Å². The van der Waals surface area contributed by atoms with Gasteiger partial charge in [-0.2, -0.15) is 0 Å². The van der Waals surface area contributed by atoms with Crippen LogP contribution in [0.5, 0.6) is 5.75 Å². The molecular weight excluding hydrogens is 497 g/mol. The number of aryl methyl sites for hydroxylation is 1. The lowest BCUT2D eigenvalue weighted by atomic mass is 9.54. The molecule has 0 unspecified atom stereocenters. The van der Waals surface area contributed by atoms with Crippen molar-refractivity contribution >= 4 is 40.8 Å². The molecule has 0 saturated heterocycles. The number of nitrogens with one attached hydrogen (secondary N) is 1. The van der Waals surface area contributed by atoms with Gasteiger partial charge in [-0.1, -0.05) is 36.2 Å². The Bertz CT molecular complexity index is 1170. The summed E-state index contributed by atoms with van der Waals surface area (Å²) < 4.78 is 10.9. The van der Waals surface area contributed by atoms with Crippen LogP contribution in [0.1, 0.15) is 62.5 Å². The first-order valence-corrected chi connectivity index (χ1v) is 13.6. The largest absolute Gasteiger partial charge is 0.497 e. The molecule has 2 aromatic carbocycles. The van der Waals surface area contributed by atoms with E-state index >= 15 is 0 Å². The highest BCUT2D eigenvalue weighted by Crippen LogP contribution is 2.62. The second-order valence-electron chi connectivity index (χ2n) is 10.8. The minimum Gasteiger partial charge on any atom is -0.497 e. The molecule has 36 heavy (non-hydrogen) atoms. The highest BCUT2D eigenvalue weighted by atomic mass is 35.5. The third kappa shape index (κ3) is 4.72. The number of rotatable bonds is 6. The molecule has 0 spiro atoms. The van der Waals surface area contributed by atoms with E-state index in [2.05, 4.69) is 30.4 Å². The molecule has 7 heteroatoms. The molecular formula is C29H33Cl2NO4. The highest BCUT2D eigenvalue weighted by molar-refractivity contribution is 6.36. The number of benzene rings is 2. The van der Waals surface area contributed by atoms with Gasteiger partial charge in [-0.15, -0.1) is 0 Å². The van der Waals surface area contributed by atoms with E-state index < -0.39 is 6.09 Å². The van der Waals surface area contributed by atoms with Crippen molar-refractivity contribution in [2.45, 2.75) is 57.8 Å². The van der Waals surface area contributed by atoms with Crippen LogP contribution < -0.4 is 10.1 Å². The number of ketones is 1. The van der Waals surface area contributed by atoms with Gasteiger partial charge in [0, 0.05) is 16.9 Å². The van der Waals surface area contributed by atoms with E-state index in [1.54, 1.807) is 25.3 Å². The Morgan fingerprint density at radius 2 is 2.00 bits per heavy atom. The summed E-state index contributed by atoms with van der Waals surface area (Å²) in [7, 11) is 1.72. The highest BCUT2D eigenvalue weighted by Gasteiger charge is 2.58. The van der Waals surface area contributed by atoms with Crippen molar-refractivity contribution in [3.05, 3.63) is 57.6 Å². The molecule has 0 bridgehead atoms. The van der Waals surface area contributed by atoms with Crippen LogP contribution in [0.3, 0.4) is 0 Å². The van der Waals surface area contributed by atoms with Gasteiger partial charge in [0.15, 0.2) is 0 Å². The first-order valence-electron chi connectivity index (χ1n) is 12.9. The maximum atomic E-state index is 13.2. The molecule has 2 aromatic rings. The van der Waals surface area contributed by atoms with Crippen LogP contribution in [0, 0.1) is 23.2 Å². The van der Waals surface area contributed by atoms with Crippen molar-refractivity contribution < 1.29 is 19.1 Å². The minimum absolute atomic E-state index is 0.223. The van der Waals surface area contributed by atoms with E-state index in [9.17, 15) is 9.59 Å². The SMILES string of the molecule is COc1ccc2c(c1)CC[C@H]1[C@@H]3[C@H](CCCOC(=O)Nc4ccc(Cl)cc4Cl)CC(=O)[C@@]3(C)CC[C@H]21. The van der Waals surface area contributed by atoms with Crippen molar-refractivity contribution in [2.75, 3.05) is 19.0 Å². The maximum Gasteiger partial charge on any atom is 0.411 e. The molecule has 2 saturated carbocycles. The summed E-state index contributed by atoms with van der Waals surface area (Å²) in [5.74, 6) is 3.11. The van der Waals surface area contributed by atoms with E-state index in [1.807, 2.05) is 0 Å². The van der Waals surface area contributed by atoms with E-state index in [0.29, 0.717) is 58.2 Å². The molecule has 3 aliphatic rings. The number of halogens is 2. The molecule has 192 valence electrons. The van der Waals surface area contributed by atoms with Gasteiger partial charge in [-0.3, -0.25) is 10.1 Å². The summed E-state index contributed by atoms with van der Waals surface area (Å²) in [5.41, 5.74) is 3.10. The normalized spacial score (nSPS) is 28.6. The molecule has 0 heterocycles. The fourth-order valence-corrected chi connectivity index (χ4v) is 7.71. The van der Waals surface area contributed by atoms with Crippen molar-refractivity contribution in [3.8, 4) is 5.75 Å². The summed E-state index contributed by atoms with van der Waals surface area (Å²) in [4.78, 5) is 25.4. The summed E-state index contributed by atoms with van der Waals surface area (Å²) in [5, 5.41) is 3.53. The Kier molecular flexibility index (Phi) is 7.24. The van der Waals surface area contributed by atoms with Crippen LogP contribution in [0.2, 0.25) is 10.0 Å². The Balaban J connectivity index is 1.21. The van der Waals surface area contributed by atoms with E-state index in [0.717, 1.165) is 44.3 Å². The van der Waals surface area contributed by atoms with Crippen LogP contribution in [-0.2, 0) is 16.0 Å². The lowest BCUT2D eigenvalue weighted by molar-refractivity contribution is -0.129. The van der Waals surface area contributed by atoms with Gasteiger partial charge in [0.2, 0.25) is 0 Å². The Hall–Kier alpha value is -2.24. The molecule has 5 rings (SSSR count). The van der Waals surface area contributed by atoms with E-state index in [1.165, 1.54) is 11.1 Å². The van der Waals surface area contributed by atoms with Crippen molar-refractivity contribution in [1.82, 2.24) is 0 Å². The van der Waals surface area contributed by atoms with Gasteiger partial charge >= 0.3 is 6.09 Å². The number of anilines is 1. The second-order valence-corrected chi connectivity index (χ2v) is 11.6. The predicted octanol–water partition coefficient (Wildman–Crippen LogP) is 7.68. The van der Waals surface area contributed by atoms with Crippen LogP contribution in [-0.4, -0.2) is 25.6 Å². The third-order valence-electron chi connectivity index (χ3n) is 8.90. The van der Waals surface area contributed by atoms with Crippen molar-refractivity contribution in [2.24, 2.45) is 23.2 Å². The number of ether oxygens (including phenoxy) is 2. The zero-order chi connectivity index (χ0) is 25.4. The number of Topliss-reactive ketones (excluding diaryl/α,β-unsaturated/α-hetero) is 1. The number of hydrogen-bond donors (Lipinski definition) is 1. The van der Waals surface area contributed by atoms with E-state index in [4.69, 9.17) is 32.7 Å². The average molecular weight is 530 g/mol. The molecule has 0 aromatic heterocycles. The van der Waals surface area contributed by atoms with Gasteiger partial charge in [0.05, 0.1) is 24.4 Å². The quantitative estimate of drug-likeness (QED) is 0.389. The predicted molar refractivity (Wildman–Crippen MR) is 142 cm³/mol. The number of amides is 1. The van der Waals surface area contributed by atoms with Crippen molar-refractivity contribution in [1.29, 1.82) is 0 Å². The molecule has 5 nitrogen and oxygen atoms in total. The second kappa shape index (κ2) is 10.3.